The van der Waals surface area contributed by atoms with Crippen LogP contribution in [0.2, 0.25) is 0 Å². The van der Waals surface area contributed by atoms with E-state index in [1.807, 2.05) is 36.0 Å². The van der Waals surface area contributed by atoms with Crippen LogP contribution in [-0.2, 0) is 31.2 Å². The minimum atomic E-state index is -3.64. The van der Waals surface area contributed by atoms with E-state index in [-0.39, 0.29) is 10.6 Å². The molecule has 0 saturated carbocycles. The van der Waals surface area contributed by atoms with Crippen molar-refractivity contribution >= 4 is 32.1 Å². The Labute approximate surface area is 183 Å². The monoisotopic (exact) mass is 451 g/mol. The van der Waals surface area contributed by atoms with E-state index < -0.39 is 10.0 Å². The minimum Gasteiger partial charge on any atom is -0.295 e. The third-order valence-corrected chi connectivity index (χ3v) is 7.09. The maximum absolute atomic E-state index is 12.4. The lowest BCUT2D eigenvalue weighted by Crippen LogP contribution is -2.19. The Hall–Kier alpha value is -3.70. The van der Waals surface area contributed by atoms with Crippen LogP contribution in [0, 0.1) is 0 Å². The second-order valence-corrected chi connectivity index (χ2v) is 9.49. The average Bonchev–Trinajstić information content (AvgIpc) is 3.44. The largest absolute Gasteiger partial charge is 0.328 e. The standard InChI is InChI=1S/C21H21N7O3S/c1-22-32(30,31)15-6-7-16-18(10-15)28(20(24-16)13-11-23-25(2)12-13)14-5-8-17-19(9-14)27(4)21(29)26(17)3/h5-12,22H,1-4H3. The van der Waals surface area contributed by atoms with Crippen molar-refractivity contribution in [3.8, 4) is 17.1 Å². The van der Waals surface area contributed by atoms with E-state index in [4.69, 9.17) is 4.98 Å². The van der Waals surface area contributed by atoms with Crippen LogP contribution >= 0.6 is 0 Å². The molecule has 3 aromatic heterocycles. The number of rotatable bonds is 4. The molecule has 11 heteroatoms. The maximum atomic E-state index is 12.4. The summed E-state index contributed by atoms with van der Waals surface area (Å²) in [7, 11) is 3.01. The third-order valence-electron chi connectivity index (χ3n) is 5.68. The molecule has 5 aromatic rings. The van der Waals surface area contributed by atoms with Gasteiger partial charge in [-0.15, -0.1) is 0 Å². The molecule has 164 valence electrons. The second kappa shape index (κ2) is 6.90. The topological polar surface area (TPSA) is 109 Å². The van der Waals surface area contributed by atoms with E-state index in [9.17, 15) is 13.2 Å². The zero-order chi connectivity index (χ0) is 22.8. The molecule has 32 heavy (non-hydrogen) atoms. The van der Waals surface area contributed by atoms with Crippen molar-refractivity contribution in [2.45, 2.75) is 4.90 Å². The van der Waals surface area contributed by atoms with Gasteiger partial charge in [0.05, 0.1) is 38.7 Å². The van der Waals surface area contributed by atoms with Crippen molar-refractivity contribution in [2.75, 3.05) is 7.05 Å². The van der Waals surface area contributed by atoms with E-state index in [1.54, 1.807) is 46.2 Å². The first-order valence-corrected chi connectivity index (χ1v) is 11.3. The molecule has 0 bridgehead atoms. The highest BCUT2D eigenvalue weighted by molar-refractivity contribution is 7.89. The van der Waals surface area contributed by atoms with Crippen molar-refractivity contribution < 1.29 is 8.42 Å². The van der Waals surface area contributed by atoms with Gasteiger partial charge in [-0.2, -0.15) is 5.10 Å². The molecular formula is C21H21N7O3S. The molecule has 0 aliphatic rings. The fraction of sp³-hybridized carbons (Fsp3) is 0.190. The molecule has 0 unspecified atom stereocenters. The number of aryl methyl sites for hydroxylation is 3. The van der Waals surface area contributed by atoms with E-state index in [0.29, 0.717) is 16.9 Å². The molecule has 0 aliphatic heterocycles. The molecule has 0 spiro atoms. The lowest BCUT2D eigenvalue weighted by Gasteiger charge is -2.10. The highest BCUT2D eigenvalue weighted by Crippen LogP contribution is 2.31. The highest BCUT2D eigenvalue weighted by Gasteiger charge is 2.20. The molecule has 0 saturated heterocycles. The first kappa shape index (κ1) is 20.2. The highest BCUT2D eigenvalue weighted by atomic mass is 32.2. The molecule has 10 nitrogen and oxygen atoms in total. The summed E-state index contributed by atoms with van der Waals surface area (Å²) in [5.41, 5.74) is 4.23. The van der Waals surface area contributed by atoms with Crippen LogP contribution in [0.15, 0.2) is 58.5 Å². The van der Waals surface area contributed by atoms with Crippen LogP contribution in [0.5, 0.6) is 0 Å². The molecule has 0 atom stereocenters. The van der Waals surface area contributed by atoms with Gasteiger partial charge in [-0.25, -0.2) is 22.9 Å². The number of imidazole rings is 2. The SMILES string of the molecule is CNS(=O)(=O)c1ccc2nc(-c3cnn(C)c3)n(-c3ccc4c(c3)n(C)c(=O)n4C)c2c1. The number of hydrogen-bond acceptors (Lipinski definition) is 5. The van der Waals surface area contributed by atoms with Crippen molar-refractivity contribution in [1.29, 1.82) is 0 Å². The van der Waals surface area contributed by atoms with E-state index in [0.717, 1.165) is 22.3 Å². The molecule has 0 fully saturated rings. The fourth-order valence-electron chi connectivity index (χ4n) is 3.97. The molecular weight excluding hydrogens is 430 g/mol. The molecule has 3 heterocycles. The van der Waals surface area contributed by atoms with Gasteiger partial charge < -0.3 is 0 Å². The summed E-state index contributed by atoms with van der Waals surface area (Å²) in [4.78, 5) is 17.3. The predicted molar refractivity (Wildman–Crippen MR) is 121 cm³/mol. The van der Waals surface area contributed by atoms with E-state index in [2.05, 4.69) is 9.82 Å². The summed E-state index contributed by atoms with van der Waals surface area (Å²) in [6, 6.07) is 10.5. The van der Waals surface area contributed by atoms with Gasteiger partial charge in [0.1, 0.15) is 5.82 Å². The average molecular weight is 452 g/mol. The minimum absolute atomic E-state index is 0.123. The molecule has 1 N–H and O–H groups in total. The summed E-state index contributed by atoms with van der Waals surface area (Å²) in [6.07, 6.45) is 3.56. The molecule has 5 rings (SSSR count). The van der Waals surface area contributed by atoms with Gasteiger partial charge >= 0.3 is 5.69 Å². The number of benzene rings is 2. The molecule has 2 aromatic carbocycles. The number of sulfonamides is 1. The zero-order valence-electron chi connectivity index (χ0n) is 17.9. The van der Waals surface area contributed by atoms with Gasteiger partial charge in [-0.1, -0.05) is 0 Å². The quantitative estimate of drug-likeness (QED) is 0.446. The van der Waals surface area contributed by atoms with Crippen molar-refractivity contribution in [3.05, 3.63) is 59.3 Å². The van der Waals surface area contributed by atoms with Crippen molar-refractivity contribution in [3.63, 3.8) is 0 Å². The maximum Gasteiger partial charge on any atom is 0.328 e. The van der Waals surface area contributed by atoms with Crippen LogP contribution in [0.4, 0.5) is 0 Å². The smallest absolute Gasteiger partial charge is 0.295 e. The van der Waals surface area contributed by atoms with Gasteiger partial charge in [0.25, 0.3) is 0 Å². The van der Waals surface area contributed by atoms with Crippen LogP contribution in [0.3, 0.4) is 0 Å². The predicted octanol–water partition coefficient (Wildman–Crippen LogP) is 1.52. The molecule has 0 radical (unpaired) electrons. The number of fused-ring (bicyclic) bond motifs is 2. The number of nitrogens with one attached hydrogen (secondary N) is 1. The lowest BCUT2D eigenvalue weighted by molar-refractivity contribution is 0.588. The first-order chi connectivity index (χ1) is 15.2. The third kappa shape index (κ3) is 2.89. The van der Waals surface area contributed by atoms with E-state index >= 15 is 0 Å². The van der Waals surface area contributed by atoms with Crippen molar-refractivity contribution in [1.82, 2.24) is 33.2 Å². The Morgan fingerprint density at radius 1 is 0.938 bits per heavy atom. The Balaban J connectivity index is 1.87. The Kier molecular flexibility index (Phi) is 4.36. The molecule has 0 aliphatic carbocycles. The van der Waals surface area contributed by atoms with Gasteiger partial charge in [-0.05, 0) is 43.4 Å². The van der Waals surface area contributed by atoms with Crippen LogP contribution < -0.4 is 10.4 Å². The Morgan fingerprint density at radius 3 is 2.38 bits per heavy atom. The molecule has 0 amide bonds. The normalized spacial score (nSPS) is 12.2. The number of nitrogens with zero attached hydrogens (tertiary/aromatic N) is 6. The van der Waals surface area contributed by atoms with Crippen LogP contribution in [-0.4, -0.2) is 43.9 Å². The van der Waals surface area contributed by atoms with Gasteiger partial charge in [-0.3, -0.25) is 18.4 Å². The van der Waals surface area contributed by atoms with Crippen LogP contribution in [0.1, 0.15) is 0 Å². The zero-order valence-corrected chi connectivity index (χ0v) is 18.8. The van der Waals surface area contributed by atoms with Gasteiger partial charge in [0.15, 0.2) is 0 Å². The summed E-state index contributed by atoms with van der Waals surface area (Å²) >= 11 is 0. The lowest BCUT2D eigenvalue weighted by atomic mass is 10.2. The summed E-state index contributed by atoms with van der Waals surface area (Å²) < 4.78 is 34.0. The first-order valence-electron chi connectivity index (χ1n) is 9.82. The van der Waals surface area contributed by atoms with E-state index in [1.165, 1.54) is 13.1 Å². The van der Waals surface area contributed by atoms with Crippen LogP contribution in [0.25, 0.3) is 39.1 Å². The van der Waals surface area contributed by atoms with Crippen molar-refractivity contribution in [2.24, 2.45) is 21.1 Å². The Morgan fingerprint density at radius 2 is 1.69 bits per heavy atom. The number of aromatic nitrogens is 6. The summed E-state index contributed by atoms with van der Waals surface area (Å²) in [5.74, 6) is 0.618. The Bertz CT molecular complexity index is 1690. The summed E-state index contributed by atoms with van der Waals surface area (Å²) in [5, 5.41) is 4.26. The second-order valence-electron chi connectivity index (χ2n) is 7.61. The summed E-state index contributed by atoms with van der Waals surface area (Å²) in [6.45, 7) is 0. The van der Waals surface area contributed by atoms with Gasteiger partial charge in [0.2, 0.25) is 10.0 Å². The van der Waals surface area contributed by atoms with Gasteiger partial charge in [0, 0.05) is 33.0 Å². The number of hydrogen-bond donors (Lipinski definition) is 1. The fourth-order valence-corrected chi connectivity index (χ4v) is 4.72.